The van der Waals surface area contributed by atoms with Gasteiger partial charge >= 0.3 is 5.97 Å². The average Bonchev–Trinajstić information content (AvgIpc) is 2.58. The number of rotatable bonds is 8. The summed E-state index contributed by atoms with van der Waals surface area (Å²) in [5.41, 5.74) is -1.97. The van der Waals surface area contributed by atoms with Crippen molar-refractivity contribution in [3.8, 4) is 5.75 Å². The van der Waals surface area contributed by atoms with E-state index in [0.717, 1.165) is 4.90 Å². The standard InChI is InChI=1S/C18H25NO5S/c1-5-24-14-10-18(16(21)22,17(14,2)3)19-15(20)11-25-13-8-6-7-12(9-13)23-4/h6-9,14H,5,10-11H2,1-4H3,(H,19,20)(H,21,22). The molecule has 1 aromatic rings. The van der Waals surface area contributed by atoms with E-state index >= 15 is 0 Å². The van der Waals surface area contributed by atoms with Crippen LogP contribution in [0.2, 0.25) is 0 Å². The van der Waals surface area contributed by atoms with Crippen LogP contribution in [0.1, 0.15) is 27.2 Å². The number of carbonyl (C=O) groups excluding carboxylic acids is 1. The monoisotopic (exact) mass is 367 g/mol. The molecular weight excluding hydrogens is 342 g/mol. The lowest BCUT2D eigenvalue weighted by molar-refractivity contribution is -0.194. The Morgan fingerprint density at radius 3 is 2.68 bits per heavy atom. The van der Waals surface area contributed by atoms with Crippen molar-refractivity contribution >= 4 is 23.6 Å². The summed E-state index contributed by atoms with van der Waals surface area (Å²) in [6.45, 7) is 6.03. The molecule has 0 aliphatic heterocycles. The minimum atomic E-state index is -1.29. The summed E-state index contributed by atoms with van der Waals surface area (Å²) in [6, 6.07) is 7.39. The number of benzene rings is 1. The summed E-state index contributed by atoms with van der Waals surface area (Å²) in [5.74, 6) is -0.476. The molecule has 0 heterocycles. The van der Waals surface area contributed by atoms with Crippen LogP contribution in [0.4, 0.5) is 0 Å². The van der Waals surface area contributed by atoms with E-state index in [1.54, 1.807) is 7.11 Å². The maximum Gasteiger partial charge on any atom is 0.330 e. The largest absolute Gasteiger partial charge is 0.497 e. The number of nitrogens with one attached hydrogen (secondary N) is 1. The summed E-state index contributed by atoms with van der Waals surface area (Å²) in [6.07, 6.45) is 0.0959. The van der Waals surface area contributed by atoms with Gasteiger partial charge in [-0.25, -0.2) is 4.79 Å². The van der Waals surface area contributed by atoms with Crippen LogP contribution in [0.3, 0.4) is 0 Å². The summed E-state index contributed by atoms with van der Waals surface area (Å²) in [4.78, 5) is 25.1. The van der Waals surface area contributed by atoms with Crippen molar-refractivity contribution in [2.75, 3.05) is 19.5 Å². The Bertz CT molecular complexity index is 648. The highest BCUT2D eigenvalue weighted by atomic mass is 32.2. The van der Waals surface area contributed by atoms with E-state index in [1.165, 1.54) is 11.8 Å². The lowest BCUT2D eigenvalue weighted by atomic mass is 9.54. The van der Waals surface area contributed by atoms with Crippen molar-refractivity contribution in [1.82, 2.24) is 5.32 Å². The quantitative estimate of drug-likeness (QED) is 0.687. The highest BCUT2D eigenvalue weighted by molar-refractivity contribution is 8.00. The van der Waals surface area contributed by atoms with Crippen molar-refractivity contribution in [2.45, 2.75) is 43.7 Å². The minimum absolute atomic E-state index is 0.136. The van der Waals surface area contributed by atoms with Gasteiger partial charge in [-0.1, -0.05) is 19.9 Å². The Kier molecular flexibility index (Phi) is 6.00. The van der Waals surface area contributed by atoms with Crippen LogP contribution in [-0.4, -0.2) is 48.1 Å². The number of hydrogen-bond donors (Lipinski definition) is 2. The van der Waals surface area contributed by atoms with E-state index in [1.807, 2.05) is 45.0 Å². The third-order valence-corrected chi connectivity index (χ3v) is 5.89. The van der Waals surface area contributed by atoms with Gasteiger partial charge in [0.2, 0.25) is 5.91 Å². The second kappa shape index (κ2) is 7.66. The molecule has 138 valence electrons. The average molecular weight is 367 g/mol. The molecule has 0 aromatic heterocycles. The Balaban J connectivity index is 2.01. The molecular formula is C18H25NO5S. The van der Waals surface area contributed by atoms with Crippen molar-refractivity contribution in [3.63, 3.8) is 0 Å². The van der Waals surface area contributed by atoms with E-state index in [4.69, 9.17) is 9.47 Å². The molecule has 1 aromatic carbocycles. The van der Waals surface area contributed by atoms with Crippen LogP contribution in [0.25, 0.3) is 0 Å². The predicted molar refractivity (Wildman–Crippen MR) is 96.0 cm³/mol. The zero-order valence-electron chi connectivity index (χ0n) is 15.0. The number of carboxylic acids is 1. The zero-order valence-corrected chi connectivity index (χ0v) is 15.8. The molecule has 1 aliphatic rings. The highest BCUT2D eigenvalue weighted by Gasteiger charge is 2.66. The van der Waals surface area contributed by atoms with Crippen LogP contribution < -0.4 is 10.1 Å². The van der Waals surface area contributed by atoms with Crippen molar-refractivity contribution in [2.24, 2.45) is 5.41 Å². The molecule has 2 N–H and O–H groups in total. The normalized spacial score (nSPS) is 24.2. The predicted octanol–water partition coefficient (Wildman–Crippen LogP) is 2.56. The molecule has 1 fully saturated rings. The van der Waals surface area contributed by atoms with Crippen LogP contribution in [0.15, 0.2) is 29.2 Å². The molecule has 0 bridgehead atoms. The van der Waals surface area contributed by atoms with Gasteiger partial charge in [-0.3, -0.25) is 4.79 Å². The van der Waals surface area contributed by atoms with Gasteiger partial charge in [-0.05, 0) is 25.1 Å². The second-order valence-corrected chi connectivity index (χ2v) is 7.64. The fraction of sp³-hybridized carbons (Fsp3) is 0.556. The number of amides is 1. The van der Waals surface area contributed by atoms with E-state index in [9.17, 15) is 14.7 Å². The van der Waals surface area contributed by atoms with Crippen LogP contribution in [-0.2, 0) is 14.3 Å². The molecule has 0 saturated heterocycles. The van der Waals surface area contributed by atoms with Crippen molar-refractivity contribution < 1.29 is 24.2 Å². The summed E-state index contributed by atoms with van der Waals surface area (Å²) in [7, 11) is 1.58. The molecule has 0 spiro atoms. The first kappa shape index (κ1) is 19.6. The van der Waals surface area contributed by atoms with E-state index in [-0.39, 0.29) is 24.2 Å². The molecule has 0 radical (unpaired) electrons. The summed E-state index contributed by atoms with van der Waals surface area (Å²) in [5, 5.41) is 12.5. The topological polar surface area (TPSA) is 84.9 Å². The first-order valence-corrected chi connectivity index (χ1v) is 9.18. The van der Waals surface area contributed by atoms with E-state index in [2.05, 4.69) is 5.32 Å². The summed E-state index contributed by atoms with van der Waals surface area (Å²) < 4.78 is 10.8. The number of carboxylic acid groups (broad SMARTS) is 1. The number of ether oxygens (including phenoxy) is 2. The molecule has 1 aliphatic carbocycles. The van der Waals surface area contributed by atoms with Crippen molar-refractivity contribution in [3.05, 3.63) is 24.3 Å². The number of aliphatic carboxylic acids is 1. The van der Waals surface area contributed by atoms with Gasteiger partial charge in [0.15, 0.2) is 0 Å². The van der Waals surface area contributed by atoms with Gasteiger partial charge in [0.05, 0.1) is 19.0 Å². The van der Waals surface area contributed by atoms with Gasteiger partial charge in [0.25, 0.3) is 0 Å². The first-order valence-electron chi connectivity index (χ1n) is 8.19. The van der Waals surface area contributed by atoms with Gasteiger partial charge in [-0.15, -0.1) is 11.8 Å². The van der Waals surface area contributed by atoms with Gasteiger partial charge in [-0.2, -0.15) is 0 Å². The van der Waals surface area contributed by atoms with Gasteiger partial charge < -0.3 is 19.9 Å². The fourth-order valence-electron chi connectivity index (χ4n) is 3.15. The van der Waals surface area contributed by atoms with Crippen molar-refractivity contribution in [1.29, 1.82) is 0 Å². The lowest BCUT2D eigenvalue weighted by Gasteiger charge is -2.58. The maximum atomic E-state index is 12.4. The molecule has 2 unspecified atom stereocenters. The first-order chi connectivity index (χ1) is 11.8. The summed E-state index contributed by atoms with van der Waals surface area (Å²) >= 11 is 1.34. The number of methoxy groups -OCH3 is 1. The molecule has 2 atom stereocenters. The fourth-order valence-corrected chi connectivity index (χ4v) is 3.90. The van der Waals surface area contributed by atoms with E-state index < -0.39 is 16.9 Å². The maximum absolute atomic E-state index is 12.4. The molecule has 7 heteroatoms. The van der Waals surface area contributed by atoms with Gasteiger partial charge in [0.1, 0.15) is 11.3 Å². The zero-order chi connectivity index (χ0) is 18.7. The lowest BCUT2D eigenvalue weighted by Crippen LogP contribution is -2.76. The number of carbonyl (C=O) groups is 2. The minimum Gasteiger partial charge on any atom is -0.497 e. The van der Waals surface area contributed by atoms with Crippen LogP contribution in [0.5, 0.6) is 5.75 Å². The Morgan fingerprint density at radius 1 is 1.40 bits per heavy atom. The highest BCUT2D eigenvalue weighted by Crippen LogP contribution is 2.51. The molecule has 1 amide bonds. The Labute approximate surface area is 152 Å². The molecule has 6 nitrogen and oxygen atoms in total. The third kappa shape index (κ3) is 3.77. The van der Waals surface area contributed by atoms with Crippen LogP contribution in [0, 0.1) is 5.41 Å². The third-order valence-electron chi connectivity index (χ3n) is 4.89. The Hall–Kier alpha value is -1.73. The molecule has 1 saturated carbocycles. The molecule has 25 heavy (non-hydrogen) atoms. The van der Waals surface area contributed by atoms with E-state index in [0.29, 0.717) is 12.4 Å². The molecule has 2 rings (SSSR count). The second-order valence-electron chi connectivity index (χ2n) is 6.60. The SMILES string of the molecule is CCOC1CC(NC(=O)CSc2cccc(OC)c2)(C(=O)O)C1(C)C. The number of thioether (sulfide) groups is 1. The Morgan fingerprint density at radius 2 is 2.12 bits per heavy atom. The smallest absolute Gasteiger partial charge is 0.330 e. The van der Waals surface area contributed by atoms with Gasteiger partial charge in [0, 0.05) is 23.3 Å². The number of hydrogen-bond acceptors (Lipinski definition) is 5. The van der Waals surface area contributed by atoms with Crippen LogP contribution >= 0.6 is 11.8 Å².